The van der Waals surface area contributed by atoms with Crippen molar-refractivity contribution in [1.82, 2.24) is 14.6 Å². The van der Waals surface area contributed by atoms with Crippen LogP contribution in [-0.4, -0.2) is 65.0 Å². The van der Waals surface area contributed by atoms with Crippen molar-refractivity contribution < 1.29 is 29.0 Å². The second-order valence-corrected chi connectivity index (χ2v) is 19.8. The summed E-state index contributed by atoms with van der Waals surface area (Å²) >= 11 is 3.34. The molecule has 2 heterocycles. The Morgan fingerprint density at radius 2 is 1.55 bits per heavy atom. The fraction of sp³-hybridized carbons (Fsp3) is 0.379. The van der Waals surface area contributed by atoms with Crippen LogP contribution in [0.25, 0.3) is 21.3 Å². The Balaban J connectivity index is 0.000000345. The van der Waals surface area contributed by atoms with E-state index in [0.717, 1.165) is 87.6 Å². The number of para-hydroxylation sites is 1. The van der Waals surface area contributed by atoms with Crippen molar-refractivity contribution in [1.29, 1.82) is 0 Å². The number of thiophene rings is 1. The molecule has 1 atom stereocenters. The van der Waals surface area contributed by atoms with Crippen molar-refractivity contribution in [3.8, 4) is 34.8 Å². The van der Waals surface area contributed by atoms with Crippen LogP contribution >= 0.6 is 23.3 Å². The number of anilines is 1. The lowest BCUT2D eigenvalue weighted by Crippen LogP contribution is -2.43. The number of nitrogens with two attached hydrogens (primary N) is 1. The number of terminal acetylenes is 1. The van der Waals surface area contributed by atoms with Gasteiger partial charge in [0.25, 0.3) is 0 Å². The molecule has 1 aliphatic carbocycles. The SMILES string of the molecule is C#C.CC.CC.COc1ccc(SN(CCCNC(=O)[C@H](CC(N)=O)Nc2ccc3ccccc3n2)CC(C)C)cc1.Cc1ccc(OCc2ccccc2-c2sc3c(c2C(=O)O)CC(C)(C)CC3)cc1. The van der Waals surface area contributed by atoms with Crippen LogP contribution in [0.3, 0.4) is 0 Å². The molecule has 0 radical (unpaired) electrons. The minimum absolute atomic E-state index is 0.118. The van der Waals surface area contributed by atoms with Crippen molar-refractivity contribution in [2.24, 2.45) is 17.1 Å². The summed E-state index contributed by atoms with van der Waals surface area (Å²) in [5.74, 6) is 1.01. The molecular weight excluding hydrogens is 927 g/mol. The highest BCUT2D eigenvalue weighted by Gasteiger charge is 2.33. The first-order valence-corrected chi connectivity index (χ1v) is 26.0. The summed E-state index contributed by atoms with van der Waals surface area (Å²) in [7, 11) is 1.66. The van der Waals surface area contributed by atoms with E-state index in [0.29, 0.717) is 30.5 Å². The number of nitrogens with one attached hydrogen (secondary N) is 2. The zero-order chi connectivity index (χ0) is 52.5. The zero-order valence-corrected chi connectivity index (χ0v) is 45.0. The van der Waals surface area contributed by atoms with Gasteiger partial charge in [-0.15, -0.1) is 24.2 Å². The van der Waals surface area contributed by atoms with Gasteiger partial charge >= 0.3 is 5.97 Å². The summed E-state index contributed by atoms with van der Waals surface area (Å²) in [5.41, 5.74) is 11.0. The molecule has 0 fully saturated rings. The number of hydrogen-bond donors (Lipinski definition) is 4. The van der Waals surface area contributed by atoms with Crippen LogP contribution in [0.15, 0.2) is 114 Å². The standard InChI is InChI=1S/C27H35N5O3S.C25H26O3S.2C2H6.C2H2/c1-19(2)18-32(36-22-12-10-21(35-3)11-13-22)16-6-15-29-27(34)24(17-25(28)33)31-26-14-9-20-7-4-5-8-23(20)30-26;1-16-8-10-18(11-9-16)28-15-17-6-4-5-7-19(17)23-22(24(26)27)20-14-25(2,3)13-12-21(20)29-23;3*1-2/h4-5,7-14,19,24H,6,15-18H2,1-3H3,(H2,28,33)(H,29,34)(H,30,31);4-11H,12-15H2,1-3H3,(H,26,27);2*1-2H3;1-2H/t24-;;;;/m0..../s1. The second-order valence-electron chi connectivity index (χ2n) is 17.6. The summed E-state index contributed by atoms with van der Waals surface area (Å²) in [6.07, 6.45) is 11.5. The van der Waals surface area contributed by atoms with Gasteiger partial charge in [-0.2, -0.15) is 0 Å². The number of primary amides is 1. The lowest BCUT2D eigenvalue weighted by molar-refractivity contribution is -0.125. The second kappa shape index (κ2) is 30.4. The molecule has 0 saturated heterocycles. The van der Waals surface area contributed by atoms with Crippen LogP contribution in [0, 0.1) is 31.1 Å². The number of aromatic nitrogens is 1. The normalized spacial score (nSPS) is 12.4. The first-order valence-electron chi connectivity index (χ1n) is 24.4. The molecule has 4 aromatic carbocycles. The number of pyridine rings is 1. The quantitative estimate of drug-likeness (QED) is 0.0350. The first kappa shape index (κ1) is 59.0. The van der Waals surface area contributed by atoms with Crippen LogP contribution < -0.4 is 25.8 Å². The van der Waals surface area contributed by atoms with Gasteiger partial charge in [0.1, 0.15) is 30.0 Å². The molecule has 0 unspecified atom stereocenters. The predicted octanol–water partition coefficient (Wildman–Crippen LogP) is 12.9. The number of rotatable bonds is 19. The number of carboxylic acids is 1. The van der Waals surface area contributed by atoms with Gasteiger partial charge in [0.2, 0.25) is 11.8 Å². The maximum Gasteiger partial charge on any atom is 0.337 e. The average molecular weight is 1000 g/mol. The Bertz CT molecular complexity index is 2590. The van der Waals surface area contributed by atoms with Crippen LogP contribution in [-0.2, 0) is 29.0 Å². The van der Waals surface area contributed by atoms with Crippen LogP contribution in [0.4, 0.5) is 5.82 Å². The Morgan fingerprint density at radius 3 is 2.20 bits per heavy atom. The van der Waals surface area contributed by atoms with Crippen LogP contribution in [0.2, 0.25) is 0 Å². The lowest BCUT2D eigenvalue weighted by atomic mass is 9.76. The molecule has 0 bridgehead atoms. The molecular formula is C58H75N5O6S2. The number of fused-ring (bicyclic) bond motifs is 2. The number of aryl methyl sites for hydroxylation is 2. The van der Waals surface area contributed by atoms with E-state index in [2.05, 4.69) is 60.5 Å². The van der Waals surface area contributed by atoms with Gasteiger partial charge < -0.3 is 30.9 Å². The Kier molecular flexibility index (Phi) is 25.3. The summed E-state index contributed by atoms with van der Waals surface area (Å²) < 4.78 is 13.5. The third-order valence-electron chi connectivity index (χ3n) is 11.1. The van der Waals surface area contributed by atoms with Gasteiger partial charge in [-0.25, -0.2) is 14.1 Å². The number of amides is 2. The lowest BCUT2D eigenvalue weighted by Gasteiger charge is -2.29. The highest BCUT2D eigenvalue weighted by molar-refractivity contribution is 7.97. The maximum absolute atomic E-state index is 12.9. The Labute approximate surface area is 431 Å². The zero-order valence-electron chi connectivity index (χ0n) is 43.3. The number of carboxylic acid groups (broad SMARTS) is 1. The van der Waals surface area contributed by atoms with Crippen molar-refractivity contribution in [3.63, 3.8) is 0 Å². The van der Waals surface area contributed by atoms with Gasteiger partial charge in [0, 0.05) is 39.7 Å². The number of benzene rings is 4. The average Bonchev–Trinajstić information content (AvgIpc) is 3.75. The molecule has 2 aromatic heterocycles. The number of aromatic carboxylic acids is 1. The van der Waals surface area contributed by atoms with E-state index in [-0.39, 0.29) is 17.7 Å². The van der Waals surface area contributed by atoms with E-state index in [1.807, 2.05) is 138 Å². The molecule has 0 spiro atoms. The largest absolute Gasteiger partial charge is 0.497 e. The van der Waals surface area contributed by atoms with Crippen LogP contribution in [0.5, 0.6) is 11.5 Å². The minimum atomic E-state index is -0.829. The monoisotopic (exact) mass is 1000 g/mol. The van der Waals surface area contributed by atoms with E-state index in [4.69, 9.17) is 15.2 Å². The van der Waals surface area contributed by atoms with Gasteiger partial charge in [-0.3, -0.25) is 9.59 Å². The fourth-order valence-electron chi connectivity index (χ4n) is 7.69. The smallest absolute Gasteiger partial charge is 0.337 e. The molecule has 71 heavy (non-hydrogen) atoms. The number of nitrogens with zero attached hydrogens (tertiary/aromatic N) is 2. The van der Waals surface area contributed by atoms with Crippen molar-refractivity contribution >= 4 is 57.8 Å². The molecule has 13 heteroatoms. The van der Waals surface area contributed by atoms with E-state index in [9.17, 15) is 19.5 Å². The summed E-state index contributed by atoms with van der Waals surface area (Å²) in [6, 6.07) is 34.6. The predicted molar refractivity (Wildman–Crippen MR) is 296 cm³/mol. The number of ether oxygens (including phenoxy) is 2. The molecule has 380 valence electrons. The van der Waals surface area contributed by atoms with Crippen molar-refractivity contribution in [2.75, 3.05) is 32.1 Å². The summed E-state index contributed by atoms with van der Waals surface area (Å²) in [5, 5.41) is 17.1. The molecule has 0 aliphatic heterocycles. The molecule has 0 saturated carbocycles. The highest BCUT2D eigenvalue weighted by Crippen LogP contribution is 2.46. The molecule has 11 nitrogen and oxygen atoms in total. The third-order valence-corrected chi connectivity index (χ3v) is 13.5. The summed E-state index contributed by atoms with van der Waals surface area (Å²) in [6.45, 7) is 21.5. The number of methoxy groups -OCH3 is 1. The maximum atomic E-state index is 12.9. The first-order chi connectivity index (χ1) is 34.2. The van der Waals surface area contributed by atoms with Gasteiger partial charge in [0.15, 0.2) is 0 Å². The van der Waals surface area contributed by atoms with Gasteiger partial charge in [-0.05, 0) is 127 Å². The fourth-order valence-corrected chi connectivity index (χ4v) is 10.2. The summed E-state index contributed by atoms with van der Waals surface area (Å²) in [4.78, 5) is 44.5. The minimum Gasteiger partial charge on any atom is -0.497 e. The Morgan fingerprint density at radius 1 is 0.901 bits per heavy atom. The van der Waals surface area contributed by atoms with E-state index in [1.54, 1.807) is 36.5 Å². The number of carbonyl (C=O) groups excluding carboxylic acids is 2. The number of hydrogen-bond acceptors (Lipinski definition) is 10. The highest BCUT2D eigenvalue weighted by atomic mass is 32.2. The molecule has 7 rings (SSSR count). The van der Waals surface area contributed by atoms with E-state index >= 15 is 0 Å². The molecule has 6 aromatic rings. The number of carbonyl (C=O) groups is 3. The Hall–Kier alpha value is -6.33. The molecule has 1 aliphatic rings. The van der Waals surface area contributed by atoms with Crippen molar-refractivity contribution in [3.05, 3.63) is 136 Å². The molecule has 2 amide bonds. The topological polar surface area (TPSA) is 156 Å². The van der Waals surface area contributed by atoms with Gasteiger partial charge in [0.05, 0.1) is 24.6 Å². The third kappa shape index (κ3) is 18.7. The van der Waals surface area contributed by atoms with Crippen molar-refractivity contribution in [2.45, 2.75) is 112 Å². The van der Waals surface area contributed by atoms with Crippen LogP contribution in [0.1, 0.15) is 107 Å². The van der Waals surface area contributed by atoms with Gasteiger partial charge in [-0.1, -0.05) is 116 Å². The molecule has 5 N–H and O–H groups in total. The van der Waals surface area contributed by atoms with E-state index in [1.165, 1.54) is 10.4 Å². The van der Waals surface area contributed by atoms with E-state index < -0.39 is 17.9 Å².